The molecule has 0 unspecified atom stereocenters. The van der Waals surface area contributed by atoms with Crippen molar-refractivity contribution in [2.75, 3.05) is 33.2 Å². The average Bonchev–Trinajstić information content (AvgIpc) is 3.26. The van der Waals surface area contributed by atoms with Crippen molar-refractivity contribution >= 4 is 34.9 Å². The van der Waals surface area contributed by atoms with Gasteiger partial charge in [-0.25, -0.2) is 28.6 Å². The quantitative estimate of drug-likeness (QED) is 0.267. The van der Waals surface area contributed by atoms with Gasteiger partial charge in [-0.05, 0) is 68.7 Å². The van der Waals surface area contributed by atoms with Crippen molar-refractivity contribution in [3.05, 3.63) is 65.7 Å². The van der Waals surface area contributed by atoms with Crippen LogP contribution in [0.25, 0.3) is 11.0 Å². The number of carboxylic acids is 4. The van der Waals surface area contributed by atoms with Gasteiger partial charge in [0.25, 0.3) is 0 Å². The first-order chi connectivity index (χ1) is 19.0. The summed E-state index contributed by atoms with van der Waals surface area (Å²) >= 11 is 0. The van der Waals surface area contributed by atoms with Gasteiger partial charge in [0.15, 0.2) is 0 Å². The van der Waals surface area contributed by atoms with Gasteiger partial charge < -0.3 is 35.2 Å². The monoisotopic (exact) mass is 560 g/mol. The third-order valence-corrected chi connectivity index (χ3v) is 6.21. The van der Waals surface area contributed by atoms with Crippen LogP contribution < -0.4 is 5.32 Å². The summed E-state index contributed by atoms with van der Waals surface area (Å²) in [6, 6.07) is 15.1. The number of halogens is 1. The third-order valence-electron chi connectivity index (χ3n) is 6.21. The minimum absolute atomic E-state index is 0.190. The Hall–Kier alpha value is -4.36. The fourth-order valence-corrected chi connectivity index (χ4v) is 4.17. The number of hydrogen-bond acceptors (Lipinski definition) is 7. The number of para-hydroxylation sites is 2. The highest BCUT2D eigenvalue weighted by Crippen LogP contribution is 2.25. The Morgan fingerprint density at radius 2 is 1.45 bits per heavy atom. The minimum Gasteiger partial charge on any atom is -0.473 e. The summed E-state index contributed by atoms with van der Waals surface area (Å²) in [5.41, 5.74) is 3.31. The molecule has 0 radical (unpaired) electrons. The van der Waals surface area contributed by atoms with E-state index in [-0.39, 0.29) is 5.82 Å². The number of hydrogen-bond donors (Lipinski definition) is 5. The molecular formula is C27H33FN4O8. The van der Waals surface area contributed by atoms with E-state index in [4.69, 9.17) is 44.6 Å². The number of rotatable bonds is 7. The van der Waals surface area contributed by atoms with Crippen molar-refractivity contribution < 1.29 is 44.0 Å². The number of piperidine rings is 1. The van der Waals surface area contributed by atoms with Crippen molar-refractivity contribution in [3.8, 4) is 0 Å². The third kappa shape index (κ3) is 10.4. The Labute approximate surface area is 229 Å². The zero-order valence-electron chi connectivity index (χ0n) is 22.0. The van der Waals surface area contributed by atoms with Gasteiger partial charge >= 0.3 is 23.9 Å². The van der Waals surface area contributed by atoms with Crippen LogP contribution in [-0.2, 0) is 32.1 Å². The first kappa shape index (κ1) is 31.9. The maximum Gasteiger partial charge on any atom is 0.414 e. The highest BCUT2D eigenvalue weighted by molar-refractivity contribution is 6.27. The SMILES string of the molecule is CNCCN1CCC(Cc2nc3ccccc3n2Cc2ccc(F)cc2)CC1.O=C(O)C(=O)O.O=C(O)C(=O)O. The van der Waals surface area contributed by atoms with Gasteiger partial charge in [0.1, 0.15) is 11.6 Å². The molecular weight excluding hydrogens is 527 g/mol. The molecule has 5 N–H and O–H groups in total. The van der Waals surface area contributed by atoms with Crippen molar-refractivity contribution in [1.82, 2.24) is 19.8 Å². The molecule has 1 saturated heterocycles. The number of carboxylic acid groups (broad SMARTS) is 4. The molecule has 216 valence electrons. The van der Waals surface area contributed by atoms with Gasteiger partial charge in [0, 0.05) is 26.1 Å². The second-order valence-corrected chi connectivity index (χ2v) is 9.04. The lowest BCUT2D eigenvalue weighted by Crippen LogP contribution is -2.38. The minimum atomic E-state index is -1.82. The summed E-state index contributed by atoms with van der Waals surface area (Å²) in [7, 11) is 2.01. The van der Waals surface area contributed by atoms with Crippen LogP contribution in [0.15, 0.2) is 48.5 Å². The van der Waals surface area contributed by atoms with E-state index in [0.717, 1.165) is 48.5 Å². The standard InChI is InChI=1S/C23H29FN4.2C2H2O4/c1-25-12-15-27-13-10-18(11-14-27)16-23-26-21-4-2-3-5-22(21)28(23)17-19-6-8-20(24)9-7-19;2*3-1(4)2(5)6/h2-9,18,25H,10-17H2,1H3;2*(H,3,4)(H,5,6). The van der Waals surface area contributed by atoms with Crippen LogP contribution in [0, 0.1) is 11.7 Å². The number of aromatic nitrogens is 2. The number of nitrogens with one attached hydrogen (secondary N) is 1. The van der Waals surface area contributed by atoms with Crippen LogP contribution in [-0.4, -0.2) is 92.0 Å². The lowest BCUT2D eigenvalue weighted by Gasteiger charge is -2.31. The molecule has 3 aromatic rings. The molecule has 4 rings (SSSR count). The number of likely N-dealkylation sites (tertiary alicyclic amines) is 1. The largest absolute Gasteiger partial charge is 0.473 e. The highest BCUT2D eigenvalue weighted by atomic mass is 19.1. The fourth-order valence-electron chi connectivity index (χ4n) is 4.17. The number of fused-ring (bicyclic) bond motifs is 1. The van der Waals surface area contributed by atoms with Crippen molar-refractivity contribution in [3.63, 3.8) is 0 Å². The molecule has 0 spiro atoms. The summed E-state index contributed by atoms with van der Waals surface area (Å²) in [6.45, 7) is 5.26. The lowest BCUT2D eigenvalue weighted by atomic mass is 9.93. The summed E-state index contributed by atoms with van der Waals surface area (Å²) in [5, 5.41) is 32.8. The van der Waals surface area contributed by atoms with E-state index in [1.807, 2.05) is 25.2 Å². The van der Waals surface area contributed by atoms with Gasteiger partial charge in [-0.15, -0.1) is 0 Å². The van der Waals surface area contributed by atoms with Crippen molar-refractivity contribution in [2.24, 2.45) is 5.92 Å². The molecule has 2 aromatic carbocycles. The van der Waals surface area contributed by atoms with Crippen LogP contribution in [0.1, 0.15) is 24.2 Å². The zero-order chi connectivity index (χ0) is 29.7. The maximum atomic E-state index is 13.3. The van der Waals surface area contributed by atoms with Crippen LogP contribution >= 0.6 is 0 Å². The first-order valence-electron chi connectivity index (χ1n) is 12.5. The van der Waals surface area contributed by atoms with Crippen LogP contribution in [0.2, 0.25) is 0 Å². The van der Waals surface area contributed by atoms with E-state index in [1.54, 1.807) is 0 Å². The molecule has 0 saturated carbocycles. The number of likely N-dealkylation sites (N-methyl/N-ethyl adjacent to an activating group) is 1. The molecule has 0 atom stereocenters. The molecule has 0 amide bonds. The van der Waals surface area contributed by atoms with Crippen molar-refractivity contribution in [2.45, 2.75) is 25.8 Å². The second kappa shape index (κ2) is 15.9. The predicted molar refractivity (Wildman–Crippen MR) is 143 cm³/mol. The Kier molecular flexibility index (Phi) is 12.7. The van der Waals surface area contributed by atoms with Gasteiger partial charge in [-0.2, -0.15) is 0 Å². The second-order valence-electron chi connectivity index (χ2n) is 9.04. The predicted octanol–water partition coefficient (Wildman–Crippen LogP) is 2.01. The molecule has 1 aliphatic rings. The van der Waals surface area contributed by atoms with E-state index in [0.29, 0.717) is 5.92 Å². The zero-order valence-corrected chi connectivity index (χ0v) is 22.0. The summed E-state index contributed by atoms with van der Waals surface area (Å²) in [4.78, 5) is 43.9. The van der Waals surface area contributed by atoms with Gasteiger partial charge in [0.2, 0.25) is 0 Å². The van der Waals surface area contributed by atoms with Crippen LogP contribution in [0.4, 0.5) is 4.39 Å². The van der Waals surface area contributed by atoms with Crippen LogP contribution in [0.5, 0.6) is 0 Å². The summed E-state index contributed by atoms with van der Waals surface area (Å²) in [6.07, 6.45) is 3.46. The van der Waals surface area contributed by atoms with Crippen molar-refractivity contribution in [1.29, 1.82) is 0 Å². The van der Waals surface area contributed by atoms with E-state index < -0.39 is 23.9 Å². The summed E-state index contributed by atoms with van der Waals surface area (Å²) in [5.74, 6) is -5.66. The smallest absolute Gasteiger partial charge is 0.414 e. The first-order valence-corrected chi connectivity index (χ1v) is 12.5. The Balaban J connectivity index is 0.000000393. The average molecular weight is 561 g/mol. The highest BCUT2D eigenvalue weighted by Gasteiger charge is 2.22. The molecule has 40 heavy (non-hydrogen) atoms. The lowest BCUT2D eigenvalue weighted by molar-refractivity contribution is -0.159. The van der Waals surface area contributed by atoms with E-state index >= 15 is 0 Å². The molecule has 12 nitrogen and oxygen atoms in total. The Morgan fingerprint density at radius 3 is 1.98 bits per heavy atom. The maximum absolute atomic E-state index is 13.3. The summed E-state index contributed by atoms with van der Waals surface area (Å²) < 4.78 is 15.6. The molecule has 1 aromatic heterocycles. The topological polar surface area (TPSA) is 182 Å². The van der Waals surface area contributed by atoms with E-state index in [2.05, 4.69) is 33.0 Å². The number of aliphatic carboxylic acids is 4. The number of nitrogens with zero attached hydrogens (tertiary/aromatic N) is 3. The number of imidazole rings is 1. The Bertz CT molecular complexity index is 1240. The van der Waals surface area contributed by atoms with Gasteiger partial charge in [-0.3, -0.25) is 0 Å². The van der Waals surface area contributed by atoms with Gasteiger partial charge in [-0.1, -0.05) is 24.3 Å². The van der Waals surface area contributed by atoms with E-state index in [1.165, 1.54) is 38.1 Å². The fraction of sp³-hybridized carbons (Fsp3) is 0.370. The Morgan fingerprint density at radius 1 is 0.900 bits per heavy atom. The number of carbonyl (C=O) groups is 4. The molecule has 13 heteroatoms. The molecule has 0 bridgehead atoms. The molecule has 0 aliphatic carbocycles. The van der Waals surface area contributed by atoms with Crippen LogP contribution in [0.3, 0.4) is 0 Å². The molecule has 1 aliphatic heterocycles. The normalized spacial score (nSPS) is 13.4. The number of benzene rings is 2. The molecule has 1 fully saturated rings. The van der Waals surface area contributed by atoms with Gasteiger partial charge in [0.05, 0.1) is 11.0 Å². The van der Waals surface area contributed by atoms with E-state index in [9.17, 15) is 4.39 Å². The molecule has 2 heterocycles.